The highest BCUT2D eigenvalue weighted by Gasteiger charge is 2.20. The van der Waals surface area contributed by atoms with Gasteiger partial charge in [-0.05, 0) is 36.4 Å². The van der Waals surface area contributed by atoms with Crippen molar-refractivity contribution < 1.29 is 22.7 Å². The van der Waals surface area contributed by atoms with Gasteiger partial charge in [0.2, 0.25) is 6.79 Å². The predicted molar refractivity (Wildman–Crippen MR) is 98.5 cm³/mol. The number of carbonyl (C=O) groups is 1. The van der Waals surface area contributed by atoms with E-state index in [0.717, 1.165) is 0 Å². The second kappa shape index (κ2) is 6.39. The first kappa shape index (κ1) is 18.1. The smallest absolute Gasteiger partial charge is 0.328 e. The van der Waals surface area contributed by atoms with Crippen molar-refractivity contribution >= 4 is 27.0 Å². The number of fused-ring (bicyclic) bond motifs is 2. The first-order valence-corrected chi connectivity index (χ1v) is 9.63. The van der Waals surface area contributed by atoms with Crippen LogP contribution in [0.5, 0.6) is 11.5 Å². The SMILES string of the molecule is Cn1c(=O)n(C)c2cc(S(=O)(=O)NNC(=O)c3ccc4c(c3)OCO4)ccc21. The number of benzene rings is 2. The lowest BCUT2D eigenvalue weighted by molar-refractivity contribution is 0.0944. The third-order valence-corrected chi connectivity index (χ3v) is 5.73. The zero-order valence-electron chi connectivity index (χ0n) is 14.9. The van der Waals surface area contributed by atoms with Gasteiger partial charge >= 0.3 is 5.69 Å². The van der Waals surface area contributed by atoms with E-state index in [9.17, 15) is 18.0 Å². The minimum Gasteiger partial charge on any atom is -0.454 e. The molecule has 28 heavy (non-hydrogen) atoms. The summed E-state index contributed by atoms with van der Waals surface area (Å²) in [6, 6.07) is 8.77. The van der Waals surface area contributed by atoms with E-state index in [-0.39, 0.29) is 22.9 Å². The van der Waals surface area contributed by atoms with Crippen LogP contribution >= 0.6 is 0 Å². The molecule has 1 aliphatic rings. The second-order valence-electron chi connectivity index (χ2n) is 6.18. The van der Waals surface area contributed by atoms with E-state index < -0.39 is 15.9 Å². The molecule has 0 atom stereocenters. The summed E-state index contributed by atoms with van der Waals surface area (Å²) in [7, 11) is -0.898. The van der Waals surface area contributed by atoms with Crippen molar-refractivity contribution in [2.45, 2.75) is 4.90 Å². The standard InChI is InChI=1S/C17H16N4O6S/c1-20-12-5-4-11(8-13(12)21(2)17(20)23)28(24,25)19-18-16(22)10-3-6-14-15(7-10)27-9-26-14/h3-8,19H,9H2,1-2H3,(H,18,22). The summed E-state index contributed by atoms with van der Waals surface area (Å²) in [6.07, 6.45) is 0. The number of carbonyl (C=O) groups excluding carboxylic acids is 1. The Morgan fingerprint density at radius 2 is 1.71 bits per heavy atom. The molecule has 146 valence electrons. The predicted octanol–water partition coefficient (Wildman–Crippen LogP) is 0.229. The molecule has 4 rings (SSSR count). The Morgan fingerprint density at radius 3 is 2.50 bits per heavy atom. The topological polar surface area (TPSA) is 121 Å². The second-order valence-corrected chi connectivity index (χ2v) is 7.86. The number of amides is 1. The van der Waals surface area contributed by atoms with Crippen molar-refractivity contribution in [3.05, 3.63) is 52.4 Å². The van der Waals surface area contributed by atoms with E-state index in [2.05, 4.69) is 10.3 Å². The largest absolute Gasteiger partial charge is 0.454 e. The molecule has 0 unspecified atom stereocenters. The van der Waals surface area contributed by atoms with Crippen LogP contribution in [-0.4, -0.2) is 30.3 Å². The number of aromatic nitrogens is 2. The minimum absolute atomic E-state index is 0.0670. The Kier molecular flexibility index (Phi) is 4.12. The molecule has 0 fully saturated rings. The number of hydrogen-bond acceptors (Lipinski definition) is 6. The van der Waals surface area contributed by atoms with E-state index in [4.69, 9.17) is 9.47 Å². The van der Waals surface area contributed by atoms with Crippen molar-refractivity contribution in [2.75, 3.05) is 6.79 Å². The zero-order chi connectivity index (χ0) is 20.1. The molecule has 10 nitrogen and oxygen atoms in total. The first-order valence-electron chi connectivity index (χ1n) is 8.15. The molecular formula is C17H16N4O6S. The average molecular weight is 404 g/mol. The summed E-state index contributed by atoms with van der Waals surface area (Å²) in [5, 5.41) is 0. The van der Waals surface area contributed by atoms with Crippen LogP contribution in [0.25, 0.3) is 11.0 Å². The third-order valence-electron chi connectivity index (χ3n) is 4.49. The van der Waals surface area contributed by atoms with Crippen LogP contribution in [0.3, 0.4) is 0 Å². The zero-order valence-corrected chi connectivity index (χ0v) is 15.7. The molecule has 0 saturated heterocycles. The third kappa shape index (κ3) is 2.90. The summed E-state index contributed by atoms with van der Waals surface area (Å²) < 4.78 is 38.2. The number of hydrogen-bond donors (Lipinski definition) is 2. The van der Waals surface area contributed by atoms with E-state index in [1.807, 2.05) is 0 Å². The fourth-order valence-electron chi connectivity index (χ4n) is 2.94. The Balaban J connectivity index is 1.56. The molecule has 2 aromatic carbocycles. The van der Waals surface area contributed by atoms with Gasteiger partial charge in [0.25, 0.3) is 15.9 Å². The van der Waals surface area contributed by atoms with Gasteiger partial charge in [0, 0.05) is 19.7 Å². The van der Waals surface area contributed by atoms with Gasteiger partial charge in [0.1, 0.15) is 0 Å². The molecular weight excluding hydrogens is 388 g/mol. The van der Waals surface area contributed by atoms with Crippen molar-refractivity contribution in [3.8, 4) is 11.5 Å². The van der Waals surface area contributed by atoms with Crippen molar-refractivity contribution in [3.63, 3.8) is 0 Å². The highest BCUT2D eigenvalue weighted by Crippen LogP contribution is 2.32. The average Bonchev–Trinajstić information content (AvgIpc) is 3.24. The number of nitrogens with zero attached hydrogens (tertiary/aromatic N) is 2. The van der Waals surface area contributed by atoms with Crippen LogP contribution in [0.15, 0.2) is 46.1 Å². The monoisotopic (exact) mass is 404 g/mol. The number of aryl methyl sites for hydroxylation is 2. The number of sulfonamides is 1. The molecule has 1 aromatic heterocycles. The summed E-state index contributed by atoms with van der Waals surface area (Å²) in [4.78, 5) is 26.2. The maximum absolute atomic E-state index is 12.5. The Morgan fingerprint density at radius 1 is 1.00 bits per heavy atom. The van der Waals surface area contributed by atoms with Crippen LogP contribution in [0, 0.1) is 0 Å². The number of ether oxygens (including phenoxy) is 2. The van der Waals surface area contributed by atoms with Gasteiger partial charge < -0.3 is 9.47 Å². The fourth-order valence-corrected chi connectivity index (χ4v) is 3.80. The lowest BCUT2D eigenvalue weighted by atomic mass is 10.2. The molecule has 2 heterocycles. The molecule has 0 saturated carbocycles. The van der Waals surface area contributed by atoms with Crippen LogP contribution in [0.1, 0.15) is 10.4 Å². The molecule has 2 N–H and O–H groups in total. The summed E-state index contributed by atoms with van der Waals surface area (Å²) in [5.41, 5.74) is 3.14. The maximum atomic E-state index is 12.5. The Hall–Kier alpha value is -3.31. The summed E-state index contributed by atoms with van der Waals surface area (Å²) in [5.74, 6) is 0.264. The van der Waals surface area contributed by atoms with Crippen LogP contribution in [0.2, 0.25) is 0 Å². The summed E-state index contributed by atoms with van der Waals surface area (Å²) in [6.45, 7) is 0.0670. The Bertz CT molecular complexity index is 1270. The van der Waals surface area contributed by atoms with E-state index in [0.29, 0.717) is 22.5 Å². The normalized spacial score (nSPS) is 13.1. The van der Waals surface area contributed by atoms with Crippen LogP contribution in [0.4, 0.5) is 0 Å². The molecule has 11 heteroatoms. The lowest BCUT2D eigenvalue weighted by Gasteiger charge is -2.09. The number of nitrogens with one attached hydrogen (secondary N) is 2. The van der Waals surface area contributed by atoms with Gasteiger partial charge in [-0.2, -0.15) is 0 Å². The van der Waals surface area contributed by atoms with E-state index in [1.54, 1.807) is 20.2 Å². The number of hydrazine groups is 1. The van der Waals surface area contributed by atoms with E-state index >= 15 is 0 Å². The van der Waals surface area contributed by atoms with Gasteiger partial charge in [-0.25, -0.2) is 13.2 Å². The van der Waals surface area contributed by atoms with Gasteiger partial charge in [0.15, 0.2) is 11.5 Å². The molecule has 0 spiro atoms. The molecule has 0 aliphatic carbocycles. The first-order chi connectivity index (χ1) is 13.3. The molecule has 0 radical (unpaired) electrons. The number of imidazole rings is 1. The minimum atomic E-state index is -4.05. The fraction of sp³-hybridized carbons (Fsp3) is 0.176. The highest BCUT2D eigenvalue weighted by atomic mass is 32.2. The van der Waals surface area contributed by atoms with Gasteiger partial charge in [-0.3, -0.25) is 19.4 Å². The Labute approximate surface area is 159 Å². The molecule has 1 aliphatic heterocycles. The van der Waals surface area contributed by atoms with Crippen molar-refractivity contribution in [2.24, 2.45) is 14.1 Å². The van der Waals surface area contributed by atoms with Gasteiger partial charge in [0.05, 0.1) is 15.9 Å². The summed E-state index contributed by atoms with van der Waals surface area (Å²) >= 11 is 0. The number of rotatable bonds is 4. The van der Waals surface area contributed by atoms with Gasteiger partial charge in [-0.1, -0.05) is 0 Å². The van der Waals surface area contributed by atoms with E-state index in [1.165, 1.54) is 39.5 Å². The molecule has 3 aromatic rings. The van der Waals surface area contributed by atoms with Gasteiger partial charge in [-0.15, -0.1) is 4.83 Å². The van der Waals surface area contributed by atoms with Crippen LogP contribution in [-0.2, 0) is 24.1 Å². The molecule has 1 amide bonds. The quantitative estimate of drug-likeness (QED) is 0.601. The molecule has 0 bridgehead atoms. The van der Waals surface area contributed by atoms with Crippen molar-refractivity contribution in [1.82, 2.24) is 19.4 Å². The highest BCUT2D eigenvalue weighted by molar-refractivity contribution is 7.89. The van der Waals surface area contributed by atoms with Crippen molar-refractivity contribution in [1.29, 1.82) is 0 Å². The maximum Gasteiger partial charge on any atom is 0.328 e. The van der Waals surface area contributed by atoms with Crippen LogP contribution < -0.4 is 25.4 Å². The lowest BCUT2D eigenvalue weighted by Crippen LogP contribution is -2.41.